The molecule has 3 rings (SSSR count). The Hall–Kier alpha value is -1.89. The fourth-order valence-corrected chi connectivity index (χ4v) is 3.94. The van der Waals surface area contributed by atoms with E-state index in [1.165, 1.54) is 4.88 Å². The minimum atomic E-state index is -0.235. The minimum Gasteiger partial charge on any atom is -0.486 e. The second-order valence-electron chi connectivity index (χ2n) is 6.45. The Morgan fingerprint density at radius 2 is 2.19 bits per heavy atom. The van der Waals surface area contributed by atoms with Crippen LogP contribution in [0.1, 0.15) is 40.6 Å². The zero-order chi connectivity index (χ0) is 18.4. The average molecular weight is 375 g/mol. The molecule has 1 aromatic carbocycles. The highest BCUT2D eigenvalue weighted by Gasteiger charge is 2.29. The van der Waals surface area contributed by atoms with Gasteiger partial charge in [0.25, 0.3) is 5.91 Å². The molecule has 2 unspecified atom stereocenters. The Kier molecular flexibility index (Phi) is 6.66. The predicted octanol–water partition coefficient (Wildman–Crippen LogP) is 3.16. The second-order valence-corrected chi connectivity index (χ2v) is 7.45. The third kappa shape index (κ3) is 4.84. The molecule has 0 saturated carbocycles. The van der Waals surface area contributed by atoms with Crippen LogP contribution in [0.25, 0.3) is 0 Å². The number of hydrogen-bond acceptors (Lipinski definition) is 5. The Balaban J connectivity index is 1.62. The second kappa shape index (κ2) is 9.16. The quantitative estimate of drug-likeness (QED) is 0.780. The molecule has 1 amide bonds. The number of aliphatic hydroxyl groups excluding tert-OH is 1. The lowest BCUT2D eigenvalue weighted by Crippen LogP contribution is -2.51. The summed E-state index contributed by atoms with van der Waals surface area (Å²) < 4.78 is 11.6. The summed E-state index contributed by atoms with van der Waals surface area (Å²) in [6.45, 7) is 3.19. The number of aliphatic hydroxyl groups is 1. The standard InChI is InChI=1S/C20H25NO4S/c1-2-3-17-10-15(13-26-17)20(23)21-18-8-9-24-12-19(18)25-16-6-4-14(11-22)5-7-16/h4-7,10,13,18-19,22H,2-3,8-9,11-12H2,1H3,(H,21,23). The number of aryl methyl sites for hydroxylation is 1. The number of thiophene rings is 1. The van der Waals surface area contributed by atoms with Crippen LogP contribution in [0.2, 0.25) is 0 Å². The molecule has 6 heteroatoms. The fourth-order valence-electron chi connectivity index (χ4n) is 2.97. The van der Waals surface area contributed by atoms with Gasteiger partial charge < -0.3 is 19.9 Å². The van der Waals surface area contributed by atoms with Gasteiger partial charge in [-0.2, -0.15) is 0 Å². The first-order chi connectivity index (χ1) is 12.7. The van der Waals surface area contributed by atoms with E-state index in [0.29, 0.717) is 19.0 Å². The predicted molar refractivity (Wildman–Crippen MR) is 102 cm³/mol. The van der Waals surface area contributed by atoms with E-state index in [0.717, 1.165) is 30.4 Å². The molecule has 1 aliphatic heterocycles. The van der Waals surface area contributed by atoms with Crippen LogP contribution < -0.4 is 10.1 Å². The lowest BCUT2D eigenvalue weighted by Gasteiger charge is -2.32. The number of carbonyl (C=O) groups is 1. The molecule has 0 radical (unpaired) electrons. The molecule has 0 aliphatic carbocycles. The highest BCUT2D eigenvalue weighted by atomic mass is 32.1. The maximum Gasteiger partial charge on any atom is 0.252 e. The van der Waals surface area contributed by atoms with Gasteiger partial charge >= 0.3 is 0 Å². The normalized spacial score (nSPS) is 19.9. The van der Waals surface area contributed by atoms with Crippen molar-refractivity contribution in [1.82, 2.24) is 5.32 Å². The molecule has 0 spiro atoms. The summed E-state index contributed by atoms with van der Waals surface area (Å²) in [6.07, 6.45) is 2.57. The first kappa shape index (κ1) is 18.9. The van der Waals surface area contributed by atoms with Crippen molar-refractivity contribution in [3.05, 3.63) is 51.7 Å². The maximum absolute atomic E-state index is 12.6. The number of carbonyl (C=O) groups excluding carboxylic acids is 1. The van der Waals surface area contributed by atoms with Gasteiger partial charge in [-0.05, 0) is 36.6 Å². The Bertz CT molecular complexity index is 713. The summed E-state index contributed by atoms with van der Waals surface area (Å²) >= 11 is 1.63. The van der Waals surface area contributed by atoms with E-state index in [9.17, 15) is 4.79 Å². The van der Waals surface area contributed by atoms with E-state index in [-0.39, 0.29) is 24.7 Å². The van der Waals surface area contributed by atoms with Gasteiger partial charge in [-0.1, -0.05) is 25.5 Å². The summed E-state index contributed by atoms with van der Waals surface area (Å²) in [4.78, 5) is 13.8. The topological polar surface area (TPSA) is 67.8 Å². The van der Waals surface area contributed by atoms with Crippen molar-refractivity contribution >= 4 is 17.2 Å². The fraction of sp³-hybridized carbons (Fsp3) is 0.450. The van der Waals surface area contributed by atoms with Crippen LogP contribution in [0.15, 0.2) is 35.7 Å². The van der Waals surface area contributed by atoms with Crippen LogP contribution >= 0.6 is 11.3 Å². The number of rotatable bonds is 7. The van der Waals surface area contributed by atoms with Gasteiger partial charge in [-0.25, -0.2) is 0 Å². The van der Waals surface area contributed by atoms with Gasteiger partial charge in [-0.3, -0.25) is 4.79 Å². The highest BCUT2D eigenvalue weighted by molar-refractivity contribution is 7.10. The van der Waals surface area contributed by atoms with Crippen LogP contribution in [0.4, 0.5) is 0 Å². The van der Waals surface area contributed by atoms with Crippen molar-refractivity contribution in [1.29, 1.82) is 0 Å². The first-order valence-electron chi connectivity index (χ1n) is 9.02. The van der Waals surface area contributed by atoms with Crippen LogP contribution in [0.3, 0.4) is 0 Å². The highest BCUT2D eigenvalue weighted by Crippen LogP contribution is 2.20. The number of nitrogens with one attached hydrogen (secondary N) is 1. The molecule has 5 nitrogen and oxygen atoms in total. The molecule has 26 heavy (non-hydrogen) atoms. The molecule has 140 valence electrons. The zero-order valence-electron chi connectivity index (χ0n) is 14.9. The number of ether oxygens (including phenoxy) is 2. The smallest absolute Gasteiger partial charge is 0.252 e. The lowest BCUT2D eigenvalue weighted by molar-refractivity contribution is -0.0135. The molecule has 1 saturated heterocycles. The SMILES string of the molecule is CCCc1cc(C(=O)NC2CCOCC2Oc2ccc(CO)cc2)cs1. The van der Waals surface area contributed by atoms with Crippen molar-refractivity contribution < 1.29 is 19.4 Å². The van der Waals surface area contributed by atoms with Gasteiger partial charge in [0.05, 0.1) is 24.8 Å². The van der Waals surface area contributed by atoms with Gasteiger partial charge in [0.15, 0.2) is 0 Å². The van der Waals surface area contributed by atoms with Gasteiger partial charge in [0.2, 0.25) is 0 Å². The third-order valence-corrected chi connectivity index (χ3v) is 5.42. The maximum atomic E-state index is 12.6. The van der Waals surface area contributed by atoms with Crippen LogP contribution in [-0.4, -0.2) is 36.4 Å². The summed E-state index contributed by atoms with van der Waals surface area (Å²) in [6, 6.07) is 9.19. The Morgan fingerprint density at radius 1 is 1.38 bits per heavy atom. The van der Waals surface area contributed by atoms with Crippen molar-refractivity contribution in [2.45, 2.75) is 44.9 Å². The molecular formula is C20H25NO4S. The van der Waals surface area contributed by atoms with Crippen molar-refractivity contribution in [3.63, 3.8) is 0 Å². The van der Waals surface area contributed by atoms with Crippen molar-refractivity contribution in [2.24, 2.45) is 0 Å². The van der Waals surface area contributed by atoms with Crippen LogP contribution in [0, 0.1) is 0 Å². The summed E-state index contributed by atoms with van der Waals surface area (Å²) in [5.74, 6) is 0.650. The van der Waals surface area contributed by atoms with Gasteiger partial charge in [0, 0.05) is 16.9 Å². The molecule has 2 atom stereocenters. The lowest BCUT2D eigenvalue weighted by atomic mass is 10.1. The Labute approximate surface area is 158 Å². The molecular weight excluding hydrogens is 350 g/mol. The molecule has 2 heterocycles. The number of amides is 1. The molecule has 2 aromatic rings. The van der Waals surface area contributed by atoms with Crippen LogP contribution in [0.5, 0.6) is 5.75 Å². The van der Waals surface area contributed by atoms with E-state index in [4.69, 9.17) is 14.6 Å². The third-order valence-electron chi connectivity index (χ3n) is 4.43. The minimum absolute atomic E-state index is 0.00611. The van der Waals surface area contributed by atoms with E-state index in [1.807, 2.05) is 35.7 Å². The largest absolute Gasteiger partial charge is 0.486 e. The number of benzene rings is 1. The summed E-state index contributed by atoms with van der Waals surface area (Å²) in [5.41, 5.74) is 1.55. The molecule has 0 bridgehead atoms. The number of hydrogen-bond donors (Lipinski definition) is 2. The summed E-state index contributed by atoms with van der Waals surface area (Å²) in [5, 5.41) is 14.2. The van der Waals surface area contributed by atoms with Gasteiger partial charge in [-0.15, -0.1) is 11.3 Å². The monoisotopic (exact) mass is 375 g/mol. The Morgan fingerprint density at radius 3 is 2.92 bits per heavy atom. The van der Waals surface area contributed by atoms with Crippen molar-refractivity contribution in [2.75, 3.05) is 13.2 Å². The van der Waals surface area contributed by atoms with E-state index >= 15 is 0 Å². The molecule has 1 aliphatic rings. The molecule has 1 fully saturated rings. The van der Waals surface area contributed by atoms with E-state index < -0.39 is 0 Å². The molecule has 1 aromatic heterocycles. The van der Waals surface area contributed by atoms with Crippen LogP contribution in [-0.2, 0) is 17.8 Å². The van der Waals surface area contributed by atoms with Crippen molar-refractivity contribution in [3.8, 4) is 5.75 Å². The van der Waals surface area contributed by atoms with E-state index in [1.54, 1.807) is 11.3 Å². The van der Waals surface area contributed by atoms with E-state index in [2.05, 4.69) is 12.2 Å². The zero-order valence-corrected chi connectivity index (χ0v) is 15.8. The first-order valence-corrected chi connectivity index (χ1v) is 9.90. The molecule has 2 N–H and O–H groups in total. The average Bonchev–Trinajstić information content (AvgIpc) is 3.13. The van der Waals surface area contributed by atoms with Gasteiger partial charge in [0.1, 0.15) is 11.9 Å². The summed E-state index contributed by atoms with van der Waals surface area (Å²) in [7, 11) is 0.